The van der Waals surface area contributed by atoms with Crippen molar-refractivity contribution in [3.63, 3.8) is 0 Å². The molecule has 1 aliphatic heterocycles. The zero-order chi connectivity index (χ0) is 23.9. The van der Waals surface area contributed by atoms with Gasteiger partial charge in [-0.05, 0) is 53.1 Å². The molecule has 0 radical (unpaired) electrons. The van der Waals surface area contributed by atoms with Crippen LogP contribution in [0.25, 0.3) is 0 Å². The van der Waals surface area contributed by atoms with Crippen molar-refractivity contribution in [3.05, 3.63) is 0 Å². The average Bonchev–Trinajstić information content (AvgIpc) is 2.71. The second-order valence-corrected chi connectivity index (χ2v) is 9.36. The van der Waals surface area contributed by atoms with E-state index in [1.54, 1.807) is 6.92 Å². The van der Waals surface area contributed by atoms with Crippen molar-refractivity contribution in [3.8, 4) is 0 Å². The minimum Gasteiger partial charge on any atom is -0.438 e. The number of aliphatic hydroxyl groups is 3. The molecule has 9 heteroatoms. The normalized spacial score (nSPS) is 30.2. The van der Waals surface area contributed by atoms with Crippen LogP contribution in [0.4, 0.5) is 4.79 Å². The number of nitrogens with zero attached hydrogens (tertiary/aromatic N) is 1. The summed E-state index contributed by atoms with van der Waals surface area (Å²) >= 11 is 0. The van der Waals surface area contributed by atoms with E-state index in [0.717, 1.165) is 0 Å². The number of aliphatic hydroxyl groups excluding tert-OH is 2. The first-order valence-electron chi connectivity index (χ1n) is 11.1. The number of ether oxygens (including phenoxy) is 4. The SMILES string of the molecule is CC[C@@H](O)C(C)[C@@H](OC1O[C@H](C)C[C@H](N(C)C)[C@H]1OC(=O)OC)[C@](C)(O)C[C@@H](C)CO. The van der Waals surface area contributed by atoms with Crippen LogP contribution >= 0.6 is 0 Å². The molecule has 31 heavy (non-hydrogen) atoms. The lowest BCUT2D eigenvalue weighted by atomic mass is 9.80. The van der Waals surface area contributed by atoms with E-state index in [1.165, 1.54) is 7.11 Å². The molecule has 1 fully saturated rings. The Morgan fingerprint density at radius 2 is 1.94 bits per heavy atom. The Morgan fingerprint density at radius 1 is 1.32 bits per heavy atom. The van der Waals surface area contributed by atoms with Crippen LogP contribution in [0.2, 0.25) is 0 Å². The molecule has 0 aromatic carbocycles. The molecule has 0 saturated carbocycles. The number of hydrogen-bond acceptors (Lipinski definition) is 9. The fourth-order valence-electron chi connectivity index (χ4n) is 4.37. The lowest BCUT2D eigenvalue weighted by molar-refractivity contribution is -0.299. The van der Waals surface area contributed by atoms with E-state index in [2.05, 4.69) is 0 Å². The van der Waals surface area contributed by atoms with Gasteiger partial charge in [0.15, 0.2) is 12.4 Å². The quantitative estimate of drug-likeness (QED) is 0.406. The Bertz CT molecular complexity index is 544. The molecule has 0 bridgehead atoms. The van der Waals surface area contributed by atoms with E-state index in [9.17, 15) is 20.1 Å². The van der Waals surface area contributed by atoms with Crippen LogP contribution in [0.15, 0.2) is 0 Å². The van der Waals surface area contributed by atoms with Crippen molar-refractivity contribution in [2.24, 2.45) is 11.8 Å². The van der Waals surface area contributed by atoms with Gasteiger partial charge < -0.3 is 39.2 Å². The van der Waals surface area contributed by atoms with Crippen LogP contribution < -0.4 is 0 Å². The van der Waals surface area contributed by atoms with Crippen LogP contribution in [-0.4, -0.2) is 96.5 Å². The van der Waals surface area contributed by atoms with Crippen molar-refractivity contribution >= 4 is 6.16 Å². The van der Waals surface area contributed by atoms with E-state index in [-0.39, 0.29) is 31.1 Å². The summed E-state index contributed by atoms with van der Waals surface area (Å²) in [5.41, 5.74) is -1.37. The minimum atomic E-state index is -1.37. The molecule has 0 amide bonds. The molecule has 0 aromatic heterocycles. The van der Waals surface area contributed by atoms with Gasteiger partial charge >= 0.3 is 6.16 Å². The third-order valence-electron chi connectivity index (χ3n) is 6.12. The summed E-state index contributed by atoms with van der Waals surface area (Å²) in [6.07, 6.45) is -2.98. The molecule has 9 atom stereocenters. The molecule has 2 unspecified atom stereocenters. The number of methoxy groups -OCH3 is 1. The van der Waals surface area contributed by atoms with Crippen molar-refractivity contribution in [1.82, 2.24) is 4.90 Å². The number of likely N-dealkylation sites (N-methyl/N-ethyl adjacent to an activating group) is 1. The Kier molecular flexibility index (Phi) is 11.2. The van der Waals surface area contributed by atoms with Crippen LogP contribution in [0.1, 0.15) is 53.9 Å². The maximum atomic E-state index is 11.9. The summed E-state index contributed by atoms with van der Waals surface area (Å²) in [6.45, 7) is 8.95. The van der Waals surface area contributed by atoms with E-state index in [0.29, 0.717) is 12.8 Å². The first-order chi connectivity index (χ1) is 14.4. The topological polar surface area (TPSA) is 118 Å². The van der Waals surface area contributed by atoms with Gasteiger partial charge in [0.1, 0.15) is 0 Å². The molecule has 1 heterocycles. The summed E-state index contributed by atoms with van der Waals surface area (Å²) in [5, 5.41) is 31.3. The highest BCUT2D eigenvalue weighted by Crippen LogP contribution is 2.35. The van der Waals surface area contributed by atoms with Crippen molar-refractivity contribution < 1.29 is 39.1 Å². The van der Waals surface area contributed by atoms with E-state index >= 15 is 0 Å². The Hall–Kier alpha value is -0.970. The van der Waals surface area contributed by atoms with Gasteiger partial charge in [0.2, 0.25) is 0 Å². The van der Waals surface area contributed by atoms with Gasteiger partial charge in [-0.15, -0.1) is 0 Å². The van der Waals surface area contributed by atoms with Gasteiger partial charge in [-0.3, -0.25) is 0 Å². The number of carbonyl (C=O) groups excluding carboxylic acids is 1. The third-order valence-corrected chi connectivity index (χ3v) is 6.12. The number of hydrogen-bond donors (Lipinski definition) is 3. The van der Waals surface area contributed by atoms with Gasteiger partial charge in [-0.1, -0.05) is 20.8 Å². The summed E-state index contributed by atoms with van der Waals surface area (Å²) in [7, 11) is 5.00. The zero-order valence-electron chi connectivity index (χ0n) is 20.3. The lowest BCUT2D eigenvalue weighted by Gasteiger charge is -2.46. The molecule has 0 aromatic rings. The van der Waals surface area contributed by atoms with Gasteiger partial charge in [0.25, 0.3) is 0 Å². The fourth-order valence-corrected chi connectivity index (χ4v) is 4.37. The smallest absolute Gasteiger partial charge is 0.438 e. The summed E-state index contributed by atoms with van der Waals surface area (Å²) in [4.78, 5) is 13.9. The highest BCUT2D eigenvalue weighted by Gasteiger charge is 2.48. The predicted molar refractivity (Wildman–Crippen MR) is 116 cm³/mol. The Morgan fingerprint density at radius 3 is 2.42 bits per heavy atom. The van der Waals surface area contributed by atoms with Crippen LogP contribution in [0, 0.1) is 11.8 Å². The van der Waals surface area contributed by atoms with E-state index in [4.69, 9.17) is 18.9 Å². The van der Waals surface area contributed by atoms with E-state index in [1.807, 2.05) is 46.7 Å². The van der Waals surface area contributed by atoms with Crippen LogP contribution in [0.5, 0.6) is 0 Å². The fraction of sp³-hybridized carbons (Fsp3) is 0.955. The first kappa shape index (κ1) is 28.1. The maximum absolute atomic E-state index is 11.9. The first-order valence-corrected chi connectivity index (χ1v) is 11.1. The summed E-state index contributed by atoms with van der Waals surface area (Å²) < 4.78 is 22.6. The molecule has 3 N–H and O–H groups in total. The largest absolute Gasteiger partial charge is 0.508 e. The van der Waals surface area contributed by atoms with Gasteiger partial charge in [0.05, 0.1) is 37.1 Å². The summed E-state index contributed by atoms with van der Waals surface area (Å²) in [5.74, 6) is -0.613. The number of carbonyl (C=O) groups is 1. The third kappa shape index (κ3) is 7.83. The molecule has 1 saturated heterocycles. The molecular weight excluding hydrogens is 406 g/mol. The van der Waals surface area contributed by atoms with Crippen LogP contribution in [0.3, 0.4) is 0 Å². The predicted octanol–water partition coefficient (Wildman–Crippen LogP) is 1.76. The Labute approximate surface area is 186 Å². The lowest BCUT2D eigenvalue weighted by Crippen LogP contribution is -2.59. The van der Waals surface area contributed by atoms with Gasteiger partial charge in [-0.2, -0.15) is 0 Å². The minimum absolute atomic E-state index is 0.0820. The molecule has 0 spiro atoms. The second kappa shape index (κ2) is 12.3. The molecule has 1 aliphatic rings. The zero-order valence-corrected chi connectivity index (χ0v) is 20.3. The monoisotopic (exact) mass is 449 g/mol. The standard InChI is InChI=1S/C22H43NO8/c1-9-17(25)15(4)19(22(5,27)11-13(2)12-24)31-20-18(30-21(26)28-8)16(23(6)7)10-14(3)29-20/h13-20,24-25,27H,9-12H2,1-8H3/t13-,14-,15?,16+,17-,18-,19-,20?,22-/m1/s1. The molecule has 1 rings (SSSR count). The summed E-state index contributed by atoms with van der Waals surface area (Å²) in [6, 6.07) is -0.193. The number of rotatable bonds is 11. The van der Waals surface area contributed by atoms with Crippen molar-refractivity contribution in [2.45, 2.75) is 96.2 Å². The second-order valence-electron chi connectivity index (χ2n) is 9.36. The van der Waals surface area contributed by atoms with Crippen molar-refractivity contribution in [1.29, 1.82) is 0 Å². The van der Waals surface area contributed by atoms with E-state index < -0.39 is 42.3 Å². The molecule has 184 valence electrons. The molecular formula is C22H43NO8. The molecule has 9 nitrogen and oxygen atoms in total. The van der Waals surface area contributed by atoms with Gasteiger partial charge in [-0.25, -0.2) is 4.79 Å². The van der Waals surface area contributed by atoms with Crippen LogP contribution in [-0.2, 0) is 18.9 Å². The Balaban J connectivity index is 3.28. The maximum Gasteiger partial charge on any atom is 0.508 e. The van der Waals surface area contributed by atoms with Crippen molar-refractivity contribution in [2.75, 3.05) is 27.8 Å². The molecule has 0 aliphatic carbocycles. The van der Waals surface area contributed by atoms with Gasteiger partial charge in [0, 0.05) is 12.5 Å². The highest BCUT2D eigenvalue weighted by atomic mass is 16.8. The highest BCUT2D eigenvalue weighted by molar-refractivity contribution is 5.60. The average molecular weight is 450 g/mol.